The lowest BCUT2D eigenvalue weighted by atomic mass is 9.77. The number of unbranched alkanes of at least 4 members (excludes halogenated alkanes) is 6. The van der Waals surface area contributed by atoms with Crippen LogP contribution < -0.4 is 0 Å². The fourth-order valence-corrected chi connectivity index (χ4v) is 3.20. The summed E-state index contributed by atoms with van der Waals surface area (Å²) in [4.78, 5) is 0. The Morgan fingerprint density at radius 2 is 1.36 bits per heavy atom. The summed E-state index contributed by atoms with van der Waals surface area (Å²) in [6, 6.07) is 0. The van der Waals surface area contributed by atoms with Gasteiger partial charge in [-0.1, -0.05) is 78.9 Å². The van der Waals surface area contributed by atoms with Crippen LogP contribution in [-0.2, 0) is 9.47 Å². The number of hydrogen-bond donors (Lipinski definition) is 0. The third-order valence-corrected chi connectivity index (χ3v) is 4.17. The lowest BCUT2D eigenvalue weighted by Gasteiger charge is -2.34. The van der Waals surface area contributed by atoms with Crippen LogP contribution in [0.5, 0.6) is 0 Å². The zero-order valence-electron chi connectivity index (χ0n) is 15.2. The Morgan fingerprint density at radius 3 is 1.82 bits per heavy atom. The maximum Gasteiger partial charge on any atom is 0.0961 e. The molecule has 0 unspecified atom stereocenters. The minimum Gasteiger partial charge on any atom is -0.501 e. The van der Waals surface area contributed by atoms with Crippen LogP contribution in [0.15, 0.2) is 25.7 Å². The zero-order valence-corrected chi connectivity index (χ0v) is 15.2. The van der Waals surface area contributed by atoms with E-state index in [4.69, 9.17) is 9.47 Å². The van der Waals surface area contributed by atoms with Crippen LogP contribution in [0, 0.1) is 11.3 Å². The quantitative estimate of drug-likeness (QED) is 0.240. The maximum absolute atomic E-state index is 5.56. The monoisotopic (exact) mass is 310 g/mol. The van der Waals surface area contributed by atoms with Crippen molar-refractivity contribution in [3.8, 4) is 0 Å². The molecule has 0 aliphatic rings. The van der Waals surface area contributed by atoms with Crippen molar-refractivity contribution in [2.75, 3.05) is 13.2 Å². The first-order chi connectivity index (χ1) is 10.6. The average molecular weight is 311 g/mol. The third kappa shape index (κ3) is 10.8. The van der Waals surface area contributed by atoms with Crippen molar-refractivity contribution in [3.63, 3.8) is 0 Å². The van der Waals surface area contributed by atoms with E-state index in [2.05, 4.69) is 33.9 Å². The van der Waals surface area contributed by atoms with Crippen molar-refractivity contribution < 1.29 is 9.47 Å². The molecular weight excluding hydrogens is 272 g/mol. The van der Waals surface area contributed by atoms with Gasteiger partial charge in [-0.2, -0.15) is 0 Å². The second-order valence-corrected chi connectivity index (χ2v) is 6.92. The van der Waals surface area contributed by atoms with Gasteiger partial charge in [-0.25, -0.2) is 0 Å². The molecule has 0 N–H and O–H groups in total. The summed E-state index contributed by atoms with van der Waals surface area (Å²) >= 11 is 0. The highest BCUT2D eigenvalue weighted by molar-refractivity contribution is 4.82. The van der Waals surface area contributed by atoms with E-state index in [0.29, 0.717) is 19.1 Å². The number of rotatable bonds is 16. The van der Waals surface area contributed by atoms with Gasteiger partial charge >= 0.3 is 0 Å². The Bertz CT molecular complexity index is 259. The highest BCUT2D eigenvalue weighted by atomic mass is 16.5. The fourth-order valence-electron chi connectivity index (χ4n) is 3.20. The molecule has 2 heteroatoms. The Morgan fingerprint density at radius 1 is 0.864 bits per heavy atom. The van der Waals surface area contributed by atoms with Crippen molar-refractivity contribution in [2.45, 2.75) is 78.6 Å². The fraction of sp³-hybridized carbons (Fsp3) is 0.800. The van der Waals surface area contributed by atoms with Gasteiger partial charge in [0.1, 0.15) is 0 Å². The van der Waals surface area contributed by atoms with Crippen LogP contribution in [-0.4, -0.2) is 13.2 Å². The largest absolute Gasteiger partial charge is 0.501 e. The van der Waals surface area contributed by atoms with E-state index in [9.17, 15) is 0 Å². The van der Waals surface area contributed by atoms with Crippen LogP contribution in [0.4, 0.5) is 0 Å². The minimum absolute atomic E-state index is 0.0833. The molecule has 0 radical (unpaired) electrons. The topological polar surface area (TPSA) is 18.5 Å². The average Bonchev–Trinajstić information content (AvgIpc) is 2.49. The van der Waals surface area contributed by atoms with Crippen LogP contribution >= 0.6 is 0 Å². The molecule has 0 saturated heterocycles. The van der Waals surface area contributed by atoms with Crippen molar-refractivity contribution in [1.82, 2.24) is 0 Å². The predicted octanol–water partition coefficient (Wildman–Crippen LogP) is 6.48. The molecule has 0 amide bonds. The second kappa shape index (κ2) is 13.7. The lowest BCUT2D eigenvalue weighted by Crippen LogP contribution is -2.33. The summed E-state index contributed by atoms with van der Waals surface area (Å²) in [7, 11) is 0. The molecule has 0 aliphatic carbocycles. The van der Waals surface area contributed by atoms with Crippen molar-refractivity contribution >= 4 is 0 Å². The van der Waals surface area contributed by atoms with E-state index >= 15 is 0 Å². The van der Waals surface area contributed by atoms with Crippen LogP contribution in [0.3, 0.4) is 0 Å². The first-order valence-corrected chi connectivity index (χ1v) is 9.05. The van der Waals surface area contributed by atoms with Crippen molar-refractivity contribution in [2.24, 2.45) is 11.3 Å². The van der Waals surface area contributed by atoms with Gasteiger partial charge in [0, 0.05) is 5.41 Å². The molecule has 0 aromatic heterocycles. The highest BCUT2D eigenvalue weighted by Crippen LogP contribution is 2.34. The highest BCUT2D eigenvalue weighted by Gasteiger charge is 2.32. The molecule has 0 saturated carbocycles. The Kier molecular flexibility index (Phi) is 13.1. The van der Waals surface area contributed by atoms with Gasteiger partial charge in [0.05, 0.1) is 25.7 Å². The number of hydrogen-bond acceptors (Lipinski definition) is 2. The van der Waals surface area contributed by atoms with Crippen molar-refractivity contribution in [1.29, 1.82) is 0 Å². The normalized spacial score (nSPS) is 11.5. The standard InChI is InChI=1S/C20H38O2/c1-6-9-10-11-12-13-14-15-20(16-19(4)5,17-21-7-2)18-22-8-3/h7-8,19H,2-3,6,9-18H2,1,4-5H3. The molecule has 0 rings (SSSR count). The zero-order chi connectivity index (χ0) is 16.7. The van der Waals surface area contributed by atoms with E-state index in [1.807, 2.05) is 0 Å². The molecule has 0 aromatic rings. The predicted molar refractivity (Wildman–Crippen MR) is 96.8 cm³/mol. The van der Waals surface area contributed by atoms with E-state index < -0.39 is 0 Å². The van der Waals surface area contributed by atoms with Gasteiger partial charge in [-0.15, -0.1) is 0 Å². The molecule has 0 atom stereocenters. The first-order valence-electron chi connectivity index (χ1n) is 9.05. The SMILES string of the molecule is C=COCC(CCCCCCCCC)(COC=C)CC(C)C. The Hall–Kier alpha value is -0.920. The summed E-state index contributed by atoms with van der Waals surface area (Å²) in [6.45, 7) is 15.5. The molecule has 0 aliphatic heterocycles. The van der Waals surface area contributed by atoms with Gasteiger partial charge in [-0.3, -0.25) is 0 Å². The maximum atomic E-state index is 5.56. The minimum atomic E-state index is 0.0833. The van der Waals surface area contributed by atoms with Gasteiger partial charge in [0.2, 0.25) is 0 Å². The van der Waals surface area contributed by atoms with E-state index in [1.165, 1.54) is 44.9 Å². The summed E-state index contributed by atoms with van der Waals surface area (Å²) in [5.74, 6) is 0.631. The van der Waals surface area contributed by atoms with Gasteiger partial charge in [0.15, 0.2) is 0 Å². The molecule has 0 aromatic carbocycles. The lowest BCUT2D eigenvalue weighted by molar-refractivity contribution is 0.0144. The van der Waals surface area contributed by atoms with Gasteiger partial charge in [-0.05, 0) is 18.8 Å². The molecule has 130 valence electrons. The first kappa shape index (κ1) is 21.1. The van der Waals surface area contributed by atoms with Gasteiger partial charge in [0.25, 0.3) is 0 Å². The Labute approximate surface area is 139 Å². The molecule has 22 heavy (non-hydrogen) atoms. The summed E-state index contributed by atoms with van der Waals surface area (Å²) in [5.41, 5.74) is 0.0833. The molecule has 0 fully saturated rings. The number of ether oxygens (including phenoxy) is 2. The summed E-state index contributed by atoms with van der Waals surface area (Å²) in [5, 5.41) is 0. The second-order valence-electron chi connectivity index (χ2n) is 6.92. The van der Waals surface area contributed by atoms with Gasteiger partial charge < -0.3 is 9.47 Å². The molecular formula is C20H38O2. The van der Waals surface area contributed by atoms with Crippen LogP contribution in [0.1, 0.15) is 78.6 Å². The smallest absolute Gasteiger partial charge is 0.0961 e. The molecule has 2 nitrogen and oxygen atoms in total. The van der Waals surface area contributed by atoms with E-state index in [-0.39, 0.29) is 5.41 Å². The van der Waals surface area contributed by atoms with E-state index in [0.717, 1.165) is 12.8 Å². The van der Waals surface area contributed by atoms with Crippen LogP contribution in [0.25, 0.3) is 0 Å². The van der Waals surface area contributed by atoms with E-state index in [1.54, 1.807) is 12.5 Å². The third-order valence-electron chi connectivity index (χ3n) is 4.17. The molecule has 0 bridgehead atoms. The summed E-state index contributed by atoms with van der Waals surface area (Å²) < 4.78 is 11.1. The molecule has 0 heterocycles. The molecule has 0 spiro atoms. The Balaban J connectivity index is 4.33. The van der Waals surface area contributed by atoms with Crippen LogP contribution in [0.2, 0.25) is 0 Å². The van der Waals surface area contributed by atoms with Crippen molar-refractivity contribution in [3.05, 3.63) is 25.7 Å². The summed E-state index contributed by atoms with van der Waals surface area (Å²) in [6.07, 6.45) is 14.7.